The molecule has 1 aliphatic rings. The second kappa shape index (κ2) is 8.50. The van der Waals surface area contributed by atoms with Crippen LogP contribution in [0.15, 0.2) is 66.7 Å². The lowest BCUT2D eigenvalue weighted by atomic mass is 9.95. The zero-order chi connectivity index (χ0) is 21.3. The molecular formula is C24H19Cl2NO3. The van der Waals surface area contributed by atoms with Gasteiger partial charge in [0.05, 0.1) is 13.0 Å². The summed E-state index contributed by atoms with van der Waals surface area (Å²) in [5, 5.41) is 3.81. The number of hydrogen-bond acceptors (Lipinski definition) is 3. The van der Waals surface area contributed by atoms with Crippen molar-refractivity contribution in [1.29, 1.82) is 0 Å². The van der Waals surface area contributed by atoms with E-state index in [0.29, 0.717) is 15.6 Å². The van der Waals surface area contributed by atoms with Crippen LogP contribution in [0.5, 0.6) is 0 Å². The number of ether oxygens (including phenoxy) is 1. The van der Waals surface area contributed by atoms with Gasteiger partial charge in [0.1, 0.15) is 6.04 Å². The number of methoxy groups -OCH3 is 1. The average molecular weight is 440 g/mol. The van der Waals surface area contributed by atoms with Crippen molar-refractivity contribution in [1.82, 2.24) is 5.32 Å². The largest absolute Gasteiger partial charge is 0.467 e. The molecule has 0 spiro atoms. The third-order valence-corrected chi connectivity index (χ3v) is 5.92. The fraction of sp³-hybridized carbons (Fsp3) is 0.167. The predicted octanol–water partition coefficient (Wildman–Crippen LogP) is 5.01. The summed E-state index contributed by atoms with van der Waals surface area (Å²) >= 11 is 12.2. The summed E-state index contributed by atoms with van der Waals surface area (Å²) in [5.74, 6) is -1.29. The quantitative estimate of drug-likeness (QED) is 0.568. The van der Waals surface area contributed by atoms with E-state index >= 15 is 0 Å². The minimum atomic E-state index is -0.874. The molecule has 0 unspecified atom stereocenters. The number of fused-ring (bicyclic) bond motifs is 3. The maximum atomic E-state index is 13.4. The van der Waals surface area contributed by atoms with Gasteiger partial charge in [-0.15, -0.1) is 0 Å². The zero-order valence-electron chi connectivity index (χ0n) is 16.2. The Hall–Kier alpha value is -2.82. The van der Waals surface area contributed by atoms with E-state index in [1.54, 1.807) is 18.2 Å². The van der Waals surface area contributed by atoms with Gasteiger partial charge >= 0.3 is 5.97 Å². The molecule has 4 rings (SSSR count). The van der Waals surface area contributed by atoms with E-state index in [4.69, 9.17) is 27.9 Å². The number of nitrogens with one attached hydrogen (secondary N) is 1. The van der Waals surface area contributed by atoms with Gasteiger partial charge in [-0.1, -0.05) is 77.8 Å². The molecule has 0 saturated carbocycles. The fourth-order valence-electron chi connectivity index (χ4n) is 3.94. The van der Waals surface area contributed by atoms with Crippen molar-refractivity contribution in [3.8, 4) is 11.1 Å². The number of carbonyl (C=O) groups excluding carboxylic acids is 2. The molecule has 0 radical (unpaired) electrons. The Morgan fingerprint density at radius 3 is 2.13 bits per heavy atom. The van der Waals surface area contributed by atoms with Crippen LogP contribution in [0.4, 0.5) is 0 Å². The molecule has 152 valence electrons. The van der Waals surface area contributed by atoms with Crippen LogP contribution < -0.4 is 5.32 Å². The lowest BCUT2D eigenvalue weighted by molar-refractivity contribution is -0.145. The van der Waals surface area contributed by atoms with Gasteiger partial charge in [0, 0.05) is 16.5 Å². The van der Waals surface area contributed by atoms with Gasteiger partial charge in [-0.3, -0.25) is 4.79 Å². The first kappa shape index (κ1) is 20.5. The van der Waals surface area contributed by atoms with Gasteiger partial charge in [-0.2, -0.15) is 0 Å². The van der Waals surface area contributed by atoms with Gasteiger partial charge in [0.25, 0.3) is 0 Å². The molecule has 0 aliphatic heterocycles. The predicted molar refractivity (Wildman–Crippen MR) is 118 cm³/mol. The van der Waals surface area contributed by atoms with Gasteiger partial charge in [0.15, 0.2) is 0 Å². The van der Waals surface area contributed by atoms with E-state index in [9.17, 15) is 9.59 Å². The first-order valence-corrected chi connectivity index (χ1v) is 10.3. The standard InChI is InChI=1S/C24H19Cl2NO3/c1-30-24(29)21(12-14-10-11-15(25)13-20(14)26)27-23(28)22-18-8-4-2-6-16(18)17-7-3-5-9-19(17)22/h2-11,13,21-22H,12H2,1H3,(H,27,28)/t21-/m1/s1. The van der Waals surface area contributed by atoms with Crippen LogP contribution in [-0.4, -0.2) is 25.0 Å². The Balaban J connectivity index is 1.64. The Labute approximate surface area is 184 Å². The molecule has 1 atom stereocenters. The minimum Gasteiger partial charge on any atom is -0.467 e. The summed E-state index contributed by atoms with van der Waals surface area (Å²) in [4.78, 5) is 25.8. The van der Waals surface area contributed by atoms with Crippen LogP contribution in [0.1, 0.15) is 22.6 Å². The van der Waals surface area contributed by atoms with E-state index in [0.717, 1.165) is 22.3 Å². The number of hydrogen-bond donors (Lipinski definition) is 1. The topological polar surface area (TPSA) is 55.4 Å². The molecule has 0 aromatic heterocycles. The molecule has 3 aromatic carbocycles. The average Bonchev–Trinajstić information content (AvgIpc) is 3.09. The van der Waals surface area contributed by atoms with Crippen molar-refractivity contribution in [2.45, 2.75) is 18.4 Å². The van der Waals surface area contributed by atoms with E-state index in [-0.39, 0.29) is 12.3 Å². The molecule has 0 saturated heterocycles. The van der Waals surface area contributed by atoms with Crippen LogP contribution in [0.25, 0.3) is 11.1 Å². The number of halogens is 2. The SMILES string of the molecule is COC(=O)[C@@H](Cc1ccc(Cl)cc1Cl)NC(=O)C1c2ccccc2-c2ccccc21. The van der Waals surface area contributed by atoms with Crippen LogP contribution in [-0.2, 0) is 20.7 Å². The van der Waals surface area contributed by atoms with E-state index < -0.39 is 17.9 Å². The number of benzene rings is 3. The monoisotopic (exact) mass is 439 g/mol. The molecule has 0 bridgehead atoms. The Morgan fingerprint density at radius 1 is 0.967 bits per heavy atom. The third kappa shape index (κ3) is 3.81. The van der Waals surface area contributed by atoms with Crippen LogP contribution >= 0.6 is 23.2 Å². The summed E-state index contributed by atoms with van der Waals surface area (Å²) in [5.41, 5.74) is 4.60. The van der Waals surface area contributed by atoms with Crippen molar-refractivity contribution in [3.63, 3.8) is 0 Å². The number of amides is 1. The van der Waals surface area contributed by atoms with Gasteiger partial charge in [-0.05, 0) is 39.9 Å². The molecule has 0 heterocycles. The third-order valence-electron chi connectivity index (χ3n) is 5.34. The van der Waals surface area contributed by atoms with Crippen molar-refractivity contribution < 1.29 is 14.3 Å². The Morgan fingerprint density at radius 2 is 1.57 bits per heavy atom. The maximum absolute atomic E-state index is 13.4. The highest BCUT2D eigenvalue weighted by molar-refractivity contribution is 6.35. The highest BCUT2D eigenvalue weighted by Crippen LogP contribution is 2.44. The molecule has 4 nitrogen and oxygen atoms in total. The molecule has 1 amide bonds. The molecule has 1 aliphatic carbocycles. The summed E-state index contributed by atoms with van der Waals surface area (Å²) < 4.78 is 4.93. The second-order valence-corrected chi connectivity index (χ2v) is 7.98. The van der Waals surface area contributed by atoms with Crippen molar-refractivity contribution >= 4 is 35.1 Å². The van der Waals surface area contributed by atoms with Crippen molar-refractivity contribution in [2.75, 3.05) is 7.11 Å². The smallest absolute Gasteiger partial charge is 0.328 e. The summed E-state index contributed by atoms with van der Waals surface area (Å²) in [6, 6.07) is 19.8. The van der Waals surface area contributed by atoms with Crippen LogP contribution in [0.3, 0.4) is 0 Å². The molecule has 0 fully saturated rings. The van der Waals surface area contributed by atoms with E-state index in [1.165, 1.54) is 7.11 Å². The summed E-state index contributed by atoms with van der Waals surface area (Å²) in [6.07, 6.45) is 0.199. The summed E-state index contributed by atoms with van der Waals surface area (Å²) in [6.45, 7) is 0. The first-order chi connectivity index (χ1) is 14.5. The van der Waals surface area contributed by atoms with Gasteiger partial charge < -0.3 is 10.1 Å². The van der Waals surface area contributed by atoms with Crippen molar-refractivity contribution in [2.24, 2.45) is 0 Å². The molecule has 6 heteroatoms. The fourth-order valence-corrected chi connectivity index (χ4v) is 4.42. The summed E-state index contributed by atoms with van der Waals surface area (Å²) in [7, 11) is 1.30. The van der Waals surface area contributed by atoms with Crippen molar-refractivity contribution in [3.05, 3.63) is 93.5 Å². The lowest BCUT2D eigenvalue weighted by Crippen LogP contribution is -2.45. The second-order valence-electron chi connectivity index (χ2n) is 7.13. The lowest BCUT2D eigenvalue weighted by Gasteiger charge is -2.21. The Kier molecular flexibility index (Phi) is 5.80. The highest BCUT2D eigenvalue weighted by atomic mass is 35.5. The molecule has 3 aromatic rings. The molecule has 30 heavy (non-hydrogen) atoms. The number of esters is 1. The number of carbonyl (C=O) groups is 2. The van der Waals surface area contributed by atoms with E-state index in [1.807, 2.05) is 48.5 Å². The minimum absolute atomic E-state index is 0.199. The van der Waals surface area contributed by atoms with Gasteiger partial charge in [-0.25, -0.2) is 4.79 Å². The first-order valence-electron chi connectivity index (χ1n) is 9.50. The van der Waals surface area contributed by atoms with Crippen LogP contribution in [0.2, 0.25) is 10.0 Å². The maximum Gasteiger partial charge on any atom is 0.328 e. The van der Waals surface area contributed by atoms with Crippen LogP contribution in [0, 0.1) is 0 Å². The highest BCUT2D eigenvalue weighted by Gasteiger charge is 2.35. The zero-order valence-corrected chi connectivity index (χ0v) is 17.7. The normalized spacial score (nSPS) is 13.3. The number of rotatable bonds is 5. The van der Waals surface area contributed by atoms with Gasteiger partial charge in [0.2, 0.25) is 5.91 Å². The molecular weight excluding hydrogens is 421 g/mol. The van der Waals surface area contributed by atoms with E-state index in [2.05, 4.69) is 5.32 Å². The molecule has 1 N–H and O–H groups in total. The Bertz CT molecular complexity index is 1080.